The van der Waals surface area contributed by atoms with Crippen LogP contribution in [0, 0.1) is 0 Å². The molecule has 0 unspecified atom stereocenters. The minimum absolute atomic E-state index is 0.0136. The number of methoxy groups -OCH3 is 2. The number of hydrogen-bond acceptors (Lipinski definition) is 6. The number of aromatic nitrogens is 1. The Morgan fingerprint density at radius 1 is 1.12 bits per heavy atom. The predicted octanol–water partition coefficient (Wildman–Crippen LogP) is 2.39. The highest BCUT2D eigenvalue weighted by atomic mass is 32.1. The SMILES string of the molecule is Bc1c(OC)cc(C(=O)N(CCCc2ccccc2)Cc2nc(C(=O)O)cs2)cc1OC. The van der Waals surface area contributed by atoms with Crippen LogP contribution in [0.25, 0.3) is 0 Å². The quantitative estimate of drug-likeness (QED) is 0.476. The normalized spacial score (nSPS) is 10.6. The highest BCUT2D eigenvalue weighted by molar-refractivity contribution is 7.09. The fraction of sp³-hybridized carbons (Fsp3) is 0.261. The number of carbonyl (C=O) groups excluding carboxylic acids is 1. The van der Waals surface area contributed by atoms with Crippen LogP contribution in [0.15, 0.2) is 47.8 Å². The molecule has 1 heterocycles. The Balaban J connectivity index is 1.84. The predicted molar refractivity (Wildman–Crippen MR) is 126 cm³/mol. The molecule has 0 aliphatic rings. The first kappa shape index (κ1) is 23.3. The van der Waals surface area contributed by atoms with Crippen LogP contribution in [0.5, 0.6) is 11.5 Å². The number of rotatable bonds is 10. The molecule has 0 aliphatic carbocycles. The Hall–Kier alpha value is -3.33. The van der Waals surface area contributed by atoms with Gasteiger partial charge in [-0.1, -0.05) is 30.3 Å². The van der Waals surface area contributed by atoms with Gasteiger partial charge < -0.3 is 19.5 Å². The lowest BCUT2D eigenvalue weighted by molar-refractivity contribution is 0.0691. The van der Waals surface area contributed by atoms with Crippen LogP contribution in [-0.2, 0) is 13.0 Å². The number of carbonyl (C=O) groups is 2. The van der Waals surface area contributed by atoms with E-state index in [1.54, 1.807) is 31.3 Å². The highest BCUT2D eigenvalue weighted by Crippen LogP contribution is 2.22. The monoisotopic (exact) mass is 452 g/mol. The van der Waals surface area contributed by atoms with E-state index in [0.29, 0.717) is 28.6 Å². The number of nitrogens with zero attached hydrogens (tertiary/aromatic N) is 2. The molecule has 0 spiro atoms. The second-order valence-corrected chi connectivity index (χ2v) is 8.20. The van der Waals surface area contributed by atoms with Gasteiger partial charge in [0.15, 0.2) is 5.69 Å². The Kier molecular flexibility index (Phi) is 7.89. The Morgan fingerprint density at radius 3 is 2.34 bits per heavy atom. The van der Waals surface area contributed by atoms with Gasteiger partial charge in [0.05, 0.1) is 20.8 Å². The maximum absolute atomic E-state index is 13.5. The van der Waals surface area contributed by atoms with E-state index in [1.165, 1.54) is 22.3 Å². The summed E-state index contributed by atoms with van der Waals surface area (Å²) in [6.07, 6.45) is 1.58. The van der Waals surface area contributed by atoms with Gasteiger partial charge in [0.2, 0.25) is 0 Å². The molecular formula is C23H25BN2O5S. The van der Waals surface area contributed by atoms with Crippen molar-refractivity contribution in [2.75, 3.05) is 20.8 Å². The van der Waals surface area contributed by atoms with Crippen LogP contribution >= 0.6 is 11.3 Å². The molecule has 2 aromatic carbocycles. The molecule has 0 saturated carbocycles. The number of thiazole rings is 1. The smallest absolute Gasteiger partial charge is 0.355 e. The van der Waals surface area contributed by atoms with Crippen LogP contribution in [0.4, 0.5) is 0 Å². The first-order chi connectivity index (χ1) is 15.4. The van der Waals surface area contributed by atoms with E-state index < -0.39 is 5.97 Å². The topological polar surface area (TPSA) is 89.0 Å². The highest BCUT2D eigenvalue weighted by Gasteiger charge is 2.21. The van der Waals surface area contributed by atoms with Crippen LogP contribution in [0.3, 0.4) is 0 Å². The lowest BCUT2D eigenvalue weighted by Crippen LogP contribution is -2.32. The summed E-state index contributed by atoms with van der Waals surface area (Å²) in [5, 5.41) is 11.2. The van der Waals surface area contributed by atoms with Crippen LogP contribution in [0.2, 0.25) is 0 Å². The average Bonchev–Trinajstić information content (AvgIpc) is 3.28. The molecule has 0 aliphatic heterocycles. The molecule has 0 bridgehead atoms. The van der Waals surface area contributed by atoms with E-state index in [1.807, 2.05) is 26.0 Å². The van der Waals surface area contributed by atoms with E-state index >= 15 is 0 Å². The molecule has 1 aromatic heterocycles. The van der Waals surface area contributed by atoms with Crippen molar-refractivity contribution >= 4 is 36.5 Å². The molecular weight excluding hydrogens is 427 g/mol. The third-order valence-corrected chi connectivity index (χ3v) is 5.95. The van der Waals surface area contributed by atoms with E-state index in [2.05, 4.69) is 17.1 Å². The van der Waals surface area contributed by atoms with E-state index in [0.717, 1.165) is 18.3 Å². The average molecular weight is 452 g/mol. The number of carboxylic acid groups (broad SMARTS) is 1. The molecule has 3 aromatic rings. The minimum Gasteiger partial charge on any atom is -0.497 e. The zero-order valence-electron chi connectivity index (χ0n) is 18.3. The lowest BCUT2D eigenvalue weighted by Gasteiger charge is -2.23. The molecule has 3 rings (SSSR count). The van der Waals surface area contributed by atoms with Crippen LogP contribution < -0.4 is 14.9 Å². The molecule has 1 N–H and O–H groups in total. The second kappa shape index (κ2) is 10.8. The molecule has 0 atom stereocenters. The van der Waals surface area contributed by atoms with Crippen molar-refractivity contribution < 1.29 is 24.2 Å². The molecule has 0 fully saturated rings. The van der Waals surface area contributed by atoms with Crippen molar-refractivity contribution in [2.45, 2.75) is 19.4 Å². The van der Waals surface area contributed by atoms with Crippen LogP contribution in [0.1, 0.15) is 37.8 Å². The zero-order valence-corrected chi connectivity index (χ0v) is 19.1. The van der Waals surface area contributed by atoms with Crippen molar-refractivity contribution in [2.24, 2.45) is 0 Å². The van der Waals surface area contributed by atoms with Gasteiger partial charge in [0.1, 0.15) is 24.4 Å². The van der Waals surface area contributed by atoms with E-state index in [9.17, 15) is 9.59 Å². The minimum atomic E-state index is -1.08. The van der Waals surface area contributed by atoms with Gasteiger partial charge in [-0.05, 0) is 36.0 Å². The third kappa shape index (κ3) is 5.67. The van der Waals surface area contributed by atoms with Crippen molar-refractivity contribution in [3.05, 3.63) is 69.7 Å². The fourth-order valence-corrected chi connectivity index (χ4v) is 4.19. The maximum Gasteiger partial charge on any atom is 0.355 e. The number of ether oxygens (including phenoxy) is 2. The molecule has 0 radical (unpaired) electrons. The van der Waals surface area contributed by atoms with E-state index in [4.69, 9.17) is 14.6 Å². The van der Waals surface area contributed by atoms with Crippen LogP contribution in [-0.4, -0.2) is 55.5 Å². The summed E-state index contributed by atoms with van der Waals surface area (Å²) in [6, 6.07) is 13.5. The summed E-state index contributed by atoms with van der Waals surface area (Å²) >= 11 is 1.23. The molecule has 7 nitrogen and oxygen atoms in total. The Morgan fingerprint density at radius 2 is 1.78 bits per heavy atom. The Labute approximate surface area is 192 Å². The van der Waals surface area contributed by atoms with Crippen molar-refractivity contribution in [3.8, 4) is 11.5 Å². The van der Waals surface area contributed by atoms with E-state index in [-0.39, 0.29) is 18.1 Å². The number of benzene rings is 2. The zero-order chi connectivity index (χ0) is 23.1. The first-order valence-electron chi connectivity index (χ1n) is 10.2. The largest absolute Gasteiger partial charge is 0.497 e. The fourth-order valence-electron chi connectivity index (χ4n) is 3.41. The van der Waals surface area contributed by atoms with Gasteiger partial charge in [-0.3, -0.25) is 4.79 Å². The molecule has 32 heavy (non-hydrogen) atoms. The number of aryl methyl sites for hydroxylation is 1. The standard InChI is InChI=1S/C23H25BN2O5S/c1-30-18-11-16(12-19(31-2)21(18)24)22(27)26(10-6-9-15-7-4-3-5-8-15)13-20-25-17(14-32-20)23(28)29/h3-5,7-8,11-12,14H,6,9-10,13,24H2,1-2H3,(H,28,29). The number of carboxylic acids is 1. The van der Waals surface area contributed by atoms with Crippen molar-refractivity contribution in [3.63, 3.8) is 0 Å². The summed E-state index contributed by atoms with van der Waals surface area (Å²) in [4.78, 5) is 30.5. The molecule has 166 valence electrons. The lowest BCUT2D eigenvalue weighted by atomic mass is 9.92. The van der Waals surface area contributed by atoms with Gasteiger partial charge in [-0.25, -0.2) is 9.78 Å². The summed E-state index contributed by atoms with van der Waals surface area (Å²) < 4.78 is 10.8. The van der Waals surface area contributed by atoms with Crippen molar-refractivity contribution in [1.82, 2.24) is 9.88 Å². The Bertz CT molecular complexity index is 1060. The molecule has 1 amide bonds. The first-order valence-corrected chi connectivity index (χ1v) is 11.0. The van der Waals surface area contributed by atoms with Gasteiger partial charge in [0.25, 0.3) is 5.91 Å². The maximum atomic E-state index is 13.5. The number of hydrogen-bond donors (Lipinski definition) is 1. The summed E-state index contributed by atoms with van der Waals surface area (Å²) in [5.41, 5.74) is 2.44. The second-order valence-electron chi connectivity index (χ2n) is 7.25. The summed E-state index contributed by atoms with van der Waals surface area (Å²) in [6.45, 7) is 0.721. The van der Waals surface area contributed by atoms with Crippen molar-refractivity contribution in [1.29, 1.82) is 0 Å². The number of amides is 1. The van der Waals surface area contributed by atoms with Gasteiger partial charge in [0, 0.05) is 17.5 Å². The molecule has 9 heteroatoms. The van der Waals surface area contributed by atoms with Gasteiger partial charge >= 0.3 is 5.97 Å². The summed E-state index contributed by atoms with van der Waals surface area (Å²) in [5.74, 6) is -0.136. The number of aromatic carboxylic acids is 1. The van der Waals surface area contributed by atoms with Gasteiger partial charge in [-0.2, -0.15) is 0 Å². The third-order valence-electron chi connectivity index (χ3n) is 5.12. The summed E-state index contributed by atoms with van der Waals surface area (Å²) in [7, 11) is 4.97. The van der Waals surface area contributed by atoms with Gasteiger partial charge in [-0.15, -0.1) is 11.3 Å². The molecule has 0 saturated heterocycles.